The topological polar surface area (TPSA) is 83.8 Å². The number of rotatable bonds is 4. The molecule has 0 aliphatic rings. The van der Waals surface area contributed by atoms with Crippen LogP contribution in [0.2, 0.25) is 0 Å². The highest BCUT2D eigenvalue weighted by Gasteiger charge is 2.09. The molecule has 0 heterocycles. The summed E-state index contributed by atoms with van der Waals surface area (Å²) in [4.78, 5) is 27.3. The van der Waals surface area contributed by atoms with Crippen molar-refractivity contribution < 1.29 is 23.9 Å². The van der Waals surface area contributed by atoms with Crippen molar-refractivity contribution in [2.24, 2.45) is 0 Å². The van der Waals surface area contributed by atoms with Gasteiger partial charge in [-0.25, -0.2) is 4.79 Å². The van der Waals surface area contributed by atoms with E-state index in [-0.39, 0.29) is 6.61 Å². The molecule has 0 aromatic heterocycles. The van der Waals surface area contributed by atoms with Crippen LogP contribution in [0, 0.1) is 0 Å². The van der Waals surface area contributed by atoms with Gasteiger partial charge in [0.05, 0.1) is 12.8 Å². The van der Waals surface area contributed by atoms with Gasteiger partial charge in [-0.1, -0.05) is 6.08 Å². The van der Waals surface area contributed by atoms with Gasteiger partial charge < -0.3 is 14.5 Å². The summed E-state index contributed by atoms with van der Waals surface area (Å²) >= 11 is 0. The molecule has 0 aliphatic carbocycles. The van der Waals surface area contributed by atoms with Gasteiger partial charge in [0, 0.05) is 6.08 Å². The van der Waals surface area contributed by atoms with Crippen molar-refractivity contribution in [3.63, 3.8) is 0 Å². The lowest BCUT2D eigenvalue weighted by molar-refractivity contribution is -0.137. The van der Waals surface area contributed by atoms with Crippen LogP contribution in [0.1, 0.15) is 6.92 Å². The lowest BCUT2D eigenvalue weighted by Gasteiger charge is -1.97. The van der Waals surface area contributed by atoms with Crippen LogP contribution < -0.4 is 0 Å². The highest BCUT2D eigenvalue weighted by Crippen LogP contribution is 2.33. The molecular formula is C6H11O5P. The fourth-order valence-corrected chi connectivity index (χ4v) is 0.857. The largest absolute Gasteiger partial charge is 0.463 e. The zero-order chi connectivity index (χ0) is 9.61. The molecule has 0 fully saturated rings. The fraction of sp³-hybridized carbons (Fsp3) is 0.500. The number of carbonyl (C=O) groups excluding carboxylic acids is 1. The molecule has 6 heteroatoms. The molecule has 0 unspecified atom stereocenters. The Bertz CT molecular complexity index is 216. The monoisotopic (exact) mass is 194 g/mol. The van der Waals surface area contributed by atoms with Crippen LogP contribution in [0.3, 0.4) is 0 Å². The van der Waals surface area contributed by atoms with Crippen molar-refractivity contribution in [2.45, 2.75) is 6.92 Å². The van der Waals surface area contributed by atoms with Crippen molar-refractivity contribution in [3.8, 4) is 0 Å². The fourth-order valence-electron chi connectivity index (χ4n) is 0.477. The Morgan fingerprint density at radius 3 is 2.58 bits per heavy atom. The first-order chi connectivity index (χ1) is 5.45. The second-order valence-electron chi connectivity index (χ2n) is 2.00. The molecule has 12 heavy (non-hydrogen) atoms. The Morgan fingerprint density at radius 1 is 1.58 bits per heavy atom. The molecule has 0 aliphatic heterocycles. The molecule has 0 amide bonds. The average Bonchev–Trinajstić information content (AvgIpc) is 1.84. The van der Waals surface area contributed by atoms with Gasteiger partial charge >= 0.3 is 13.6 Å². The van der Waals surface area contributed by atoms with E-state index in [2.05, 4.69) is 4.74 Å². The molecule has 0 spiro atoms. The van der Waals surface area contributed by atoms with Gasteiger partial charge in [-0.2, -0.15) is 0 Å². The maximum Gasteiger partial charge on any atom is 0.330 e. The van der Waals surface area contributed by atoms with Crippen LogP contribution in [-0.2, 0) is 14.1 Å². The number of carbonyl (C=O) groups is 1. The summed E-state index contributed by atoms with van der Waals surface area (Å²) in [5.74, 6) is -0.592. The Balaban J connectivity index is 3.77. The standard InChI is InChI=1S/C6H11O5P/c1-2-11-6(7)4-3-5-12(8,9)10/h3-4H,2,5H2,1H3,(H2,8,9,10). The van der Waals surface area contributed by atoms with E-state index < -0.39 is 19.7 Å². The normalized spacial score (nSPS) is 11.9. The third kappa shape index (κ3) is 7.47. The van der Waals surface area contributed by atoms with Crippen LogP contribution in [0.5, 0.6) is 0 Å². The van der Waals surface area contributed by atoms with E-state index in [1.54, 1.807) is 6.92 Å². The van der Waals surface area contributed by atoms with E-state index >= 15 is 0 Å². The average molecular weight is 194 g/mol. The quantitative estimate of drug-likeness (QED) is 0.381. The third-order valence-electron chi connectivity index (χ3n) is 0.884. The van der Waals surface area contributed by atoms with Gasteiger partial charge in [0.25, 0.3) is 0 Å². The molecule has 0 saturated carbocycles. The summed E-state index contributed by atoms with van der Waals surface area (Å²) in [5.41, 5.74) is 0. The van der Waals surface area contributed by atoms with Gasteiger partial charge in [-0.05, 0) is 6.92 Å². The predicted octanol–water partition coefficient (Wildman–Crippen LogP) is 0.283. The van der Waals surface area contributed by atoms with Crippen molar-refractivity contribution in [2.75, 3.05) is 12.8 Å². The van der Waals surface area contributed by atoms with Crippen LogP contribution >= 0.6 is 7.60 Å². The smallest absolute Gasteiger partial charge is 0.330 e. The summed E-state index contributed by atoms with van der Waals surface area (Å²) in [7, 11) is -4.04. The van der Waals surface area contributed by atoms with Gasteiger partial charge in [0.1, 0.15) is 0 Å². The predicted molar refractivity (Wildman–Crippen MR) is 42.7 cm³/mol. The number of ether oxygens (including phenoxy) is 1. The molecule has 0 aromatic rings. The zero-order valence-corrected chi connectivity index (χ0v) is 7.53. The number of hydrogen-bond donors (Lipinski definition) is 2. The Labute approximate surface area is 70.2 Å². The van der Waals surface area contributed by atoms with Crippen molar-refractivity contribution in [1.29, 1.82) is 0 Å². The molecule has 70 valence electrons. The lowest BCUT2D eigenvalue weighted by atomic mass is 10.5. The first-order valence-electron chi connectivity index (χ1n) is 3.33. The van der Waals surface area contributed by atoms with Crippen molar-refractivity contribution in [1.82, 2.24) is 0 Å². The minimum atomic E-state index is -4.04. The Kier molecular flexibility index (Phi) is 4.81. The highest BCUT2D eigenvalue weighted by atomic mass is 31.2. The van der Waals surface area contributed by atoms with Crippen LogP contribution in [-0.4, -0.2) is 28.5 Å². The minimum Gasteiger partial charge on any atom is -0.463 e. The molecule has 0 radical (unpaired) electrons. The SMILES string of the molecule is CCOC(=O)C=CCP(=O)(O)O. The van der Waals surface area contributed by atoms with Gasteiger partial charge in [0.15, 0.2) is 0 Å². The molecule has 0 saturated heterocycles. The second-order valence-corrected chi connectivity index (χ2v) is 3.70. The lowest BCUT2D eigenvalue weighted by Crippen LogP contribution is -1.99. The van der Waals surface area contributed by atoms with Crippen LogP contribution in [0.4, 0.5) is 0 Å². The maximum atomic E-state index is 10.6. The van der Waals surface area contributed by atoms with Crippen molar-refractivity contribution in [3.05, 3.63) is 12.2 Å². The first-order valence-corrected chi connectivity index (χ1v) is 5.13. The van der Waals surface area contributed by atoms with Crippen LogP contribution in [0.15, 0.2) is 12.2 Å². The Hall–Kier alpha value is -0.640. The Morgan fingerprint density at radius 2 is 2.17 bits per heavy atom. The summed E-state index contributed by atoms with van der Waals surface area (Å²) in [6.45, 7) is 1.90. The van der Waals surface area contributed by atoms with E-state index in [9.17, 15) is 9.36 Å². The highest BCUT2D eigenvalue weighted by molar-refractivity contribution is 7.51. The molecule has 2 N–H and O–H groups in total. The van der Waals surface area contributed by atoms with Gasteiger partial charge in [-0.3, -0.25) is 4.57 Å². The number of allylic oxidation sites excluding steroid dienone is 1. The van der Waals surface area contributed by atoms with E-state index in [4.69, 9.17) is 9.79 Å². The number of esters is 1. The summed E-state index contributed by atoms with van der Waals surface area (Å²) in [5, 5.41) is 0. The van der Waals surface area contributed by atoms with Crippen molar-refractivity contribution >= 4 is 13.6 Å². The summed E-state index contributed by atoms with van der Waals surface area (Å²) in [6.07, 6.45) is 1.66. The molecule has 5 nitrogen and oxygen atoms in total. The van der Waals surface area contributed by atoms with Crippen LogP contribution in [0.25, 0.3) is 0 Å². The van der Waals surface area contributed by atoms with E-state index in [1.165, 1.54) is 0 Å². The van der Waals surface area contributed by atoms with Gasteiger partial charge in [-0.15, -0.1) is 0 Å². The third-order valence-corrected chi connectivity index (χ3v) is 1.57. The number of hydrogen-bond acceptors (Lipinski definition) is 3. The first kappa shape index (κ1) is 11.4. The molecular weight excluding hydrogens is 183 g/mol. The van der Waals surface area contributed by atoms with E-state index in [0.29, 0.717) is 0 Å². The zero-order valence-electron chi connectivity index (χ0n) is 6.64. The molecule has 0 bridgehead atoms. The molecule has 0 atom stereocenters. The summed E-state index contributed by atoms with van der Waals surface area (Å²) in [6, 6.07) is 0. The summed E-state index contributed by atoms with van der Waals surface area (Å²) < 4.78 is 14.7. The molecule has 0 aromatic carbocycles. The second kappa shape index (κ2) is 5.09. The molecule has 0 rings (SSSR count). The van der Waals surface area contributed by atoms with E-state index in [0.717, 1.165) is 12.2 Å². The maximum absolute atomic E-state index is 10.6. The minimum absolute atomic E-state index is 0.249. The van der Waals surface area contributed by atoms with E-state index in [1.807, 2.05) is 0 Å². The van der Waals surface area contributed by atoms with Gasteiger partial charge in [0.2, 0.25) is 0 Å².